The molecule has 1 fully saturated rings. The van der Waals surface area contributed by atoms with Crippen LogP contribution in [-0.4, -0.2) is 12.5 Å². The van der Waals surface area contributed by atoms with Gasteiger partial charge in [0.1, 0.15) is 5.75 Å². The Morgan fingerprint density at radius 3 is 2.37 bits per heavy atom. The number of hydrogen-bond donors (Lipinski definition) is 1. The molecule has 1 aliphatic carbocycles. The van der Waals surface area contributed by atoms with E-state index in [9.17, 15) is 8.78 Å². The maximum atomic E-state index is 13.3. The first-order chi connectivity index (χ1) is 8.86. The number of benzene rings is 1. The zero-order valence-corrected chi connectivity index (χ0v) is 11.5. The smallest absolute Gasteiger partial charge is 0.248 e. The Morgan fingerprint density at radius 1 is 1.21 bits per heavy atom. The summed E-state index contributed by atoms with van der Waals surface area (Å²) in [5.41, 5.74) is 7.70. The van der Waals surface area contributed by atoms with Crippen LogP contribution in [0.1, 0.15) is 43.7 Å². The second-order valence-corrected chi connectivity index (χ2v) is 5.42. The first-order valence-electron chi connectivity index (χ1n) is 6.77. The highest BCUT2D eigenvalue weighted by Crippen LogP contribution is 2.43. The van der Waals surface area contributed by atoms with Crippen molar-refractivity contribution in [2.45, 2.75) is 51.0 Å². The number of hydrogen-bond acceptors (Lipinski definition) is 2. The molecule has 0 saturated heterocycles. The van der Waals surface area contributed by atoms with Gasteiger partial charge in [0.05, 0.1) is 6.61 Å². The molecule has 2 rings (SSSR count). The van der Waals surface area contributed by atoms with Crippen molar-refractivity contribution in [2.24, 2.45) is 5.73 Å². The SMILES string of the molecule is CCOc1ccc(C2(N)CCC(F)(F)CC2)c(C)c1. The molecule has 1 aliphatic rings. The molecule has 0 bridgehead atoms. The Balaban J connectivity index is 2.22. The van der Waals surface area contributed by atoms with Crippen LogP contribution in [0.5, 0.6) is 5.75 Å². The minimum absolute atomic E-state index is 0.129. The Bertz CT molecular complexity index is 449. The molecule has 106 valence electrons. The van der Waals surface area contributed by atoms with Gasteiger partial charge in [0, 0.05) is 18.4 Å². The summed E-state index contributed by atoms with van der Waals surface area (Å²) in [4.78, 5) is 0. The lowest BCUT2D eigenvalue weighted by molar-refractivity contribution is -0.0514. The molecule has 0 aromatic heterocycles. The minimum Gasteiger partial charge on any atom is -0.494 e. The van der Waals surface area contributed by atoms with Crippen LogP contribution in [0, 0.1) is 6.92 Å². The van der Waals surface area contributed by atoms with E-state index in [1.807, 2.05) is 32.0 Å². The van der Waals surface area contributed by atoms with Gasteiger partial charge in [-0.1, -0.05) is 6.07 Å². The molecule has 0 heterocycles. The third kappa shape index (κ3) is 3.06. The van der Waals surface area contributed by atoms with Crippen molar-refractivity contribution < 1.29 is 13.5 Å². The predicted molar refractivity (Wildman–Crippen MR) is 71.6 cm³/mol. The van der Waals surface area contributed by atoms with Crippen molar-refractivity contribution in [1.82, 2.24) is 0 Å². The van der Waals surface area contributed by atoms with Crippen molar-refractivity contribution in [1.29, 1.82) is 0 Å². The van der Waals surface area contributed by atoms with Crippen LogP contribution in [0.15, 0.2) is 18.2 Å². The zero-order valence-electron chi connectivity index (χ0n) is 11.5. The first-order valence-corrected chi connectivity index (χ1v) is 6.77. The summed E-state index contributed by atoms with van der Waals surface area (Å²) in [5, 5.41) is 0. The third-order valence-electron chi connectivity index (χ3n) is 3.92. The van der Waals surface area contributed by atoms with E-state index >= 15 is 0 Å². The maximum absolute atomic E-state index is 13.3. The molecular weight excluding hydrogens is 248 g/mol. The lowest BCUT2D eigenvalue weighted by Gasteiger charge is -2.38. The lowest BCUT2D eigenvalue weighted by Crippen LogP contribution is -2.44. The summed E-state index contributed by atoms with van der Waals surface area (Å²) in [6, 6.07) is 5.72. The molecule has 0 atom stereocenters. The number of ether oxygens (including phenoxy) is 1. The van der Waals surface area contributed by atoms with Gasteiger partial charge in [-0.25, -0.2) is 8.78 Å². The Labute approximate surface area is 112 Å². The lowest BCUT2D eigenvalue weighted by atomic mass is 9.74. The van der Waals surface area contributed by atoms with Crippen LogP contribution < -0.4 is 10.5 Å². The van der Waals surface area contributed by atoms with Gasteiger partial charge in [0.15, 0.2) is 0 Å². The monoisotopic (exact) mass is 269 g/mol. The summed E-state index contributed by atoms with van der Waals surface area (Å²) >= 11 is 0. The molecule has 2 N–H and O–H groups in total. The molecule has 19 heavy (non-hydrogen) atoms. The van der Waals surface area contributed by atoms with Crippen LogP contribution in [-0.2, 0) is 5.54 Å². The number of alkyl halides is 2. The van der Waals surface area contributed by atoms with Crippen molar-refractivity contribution in [2.75, 3.05) is 6.61 Å². The second-order valence-electron chi connectivity index (χ2n) is 5.42. The summed E-state index contributed by atoms with van der Waals surface area (Å²) in [5.74, 6) is -1.75. The fraction of sp³-hybridized carbons (Fsp3) is 0.600. The summed E-state index contributed by atoms with van der Waals surface area (Å²) in [6.45, 7) is 4.49. The second kappa shape index (κ2) is 5.08. The van der Waals surface area contributed by atoms with E-state index in [0.29, 0.717) is 19.4 Å². The Hall–Kier alpha value is -1.16. The molecule has 0 aliphatic heterocycles. The van der Waals surface area contributed by atoms with Crippen molar-refractivity contribution in [3.63, 3.8) is 0 Å². The summed E-state index contributed by atoms with van der Waals surface area (Å²) < 4.78 is 31.9. The molecule has 0 radical (unpaired) electrons. The molecular formula is C15H21F2NO. The topological polar surface area (TPSA) is 35.2 Å². The van der Waals surface area contributed by atoms with Gasteiger partial charge < -0.3 is 10.5 Å². The summed E-state index contributed by atoms with van der Waals surface area (Å²) in [7, 11) is 0. The Kier molecular flexibility index (Phi) is 3.81. The molecule has 4 heteroatoms. The van der Waals surface area contributed by atoms with Gasteiger partial charge in [-0.3, -0.25) is 0 Å². The van der Waals surface area contributed by atoms with Crippen LogP contribution in [0.2, 0.25) is 0 Å². The predicted octanol–water partition coefficient (Wildman–Crippen LogP) is 3.76. The van der Waals surface area contributed by atoms with E-state index in [1.54, 1.807) is 0 Å². The molecule has 0 unspecified atom stereocenters. The largest absolute Gasteiger partial charge is 0.494 e. The molecule has 0 spiro atoms. The molecule has 1 aromatic rings. The molecule has 2 nitrogen and oxygen atoms in total. The fourth-order valence-electron chi connectivity index (χ4n) is 2.78. The van der Waals surface area contributed by atoms with Gasteiger partial charge in [-0.05, 0) is 49.9 Å². The third-order valence-corrected chi connectivity index (χ3v) is 3.92. The standard InChI is InChI=1S/C15H21F2NO/c1-3-19-12-4-5-13(11(2)10-12)14(18)6-8-15(16,17)9-7-14/h4-5,10H,3,6-9,18H2,1-2H3. The minimum atomic E-state index is -2.55. The highest BCUT2D eigenvalue weighted by molar-refractivity contribution is 5.39. The number of aryl methyl sites for hydroxylation is 1. The van der Waals surface area contributed by atoms with Crippen LogP contribution in [0.25, 0.3) is 0 Å². The maximum Gasteiger partial charge on any atom is 0.248 e. The first kappa shape index (κ1) is 14.3. The van der Waals surface area contributed by atoms with Crippen LogP contribution in [0.4, 0.5) is 8.78 Å². The average molecular weight is 269 g/mol. The number of nitrogens with two attached hydrogens (primary N) is 1. The van der Waals surface area contributed by atoms with Crippen LogP contribution in [0.3, 0.4) is 0 Å². The zero-order chi connectivity index (χ0) is 14.1. The van der Waals surface area contributed by atoms with Gasteiger partial charge in [0.2, 0.25) is 5.92 Å². The van der Waals surface area contributed by atoms with Gasteiger partial charge in [-0.2, -0.15) is 0 Å². The number of halogens is 2. The fourth-order valence-corrected chi connectivity index (χ4v) is 2.78. The van der Waals surface area contributed by atoms with E-state index < -0.39 is 11.5 Å². The van der Waals surface area contributed by atoms with E-state index in [1.165, 1.54) is 0 Å². The van der Waals surface area contributed by atoms with E-state index in [-0.39, 0.29) is 12.8 Å². The van der Waals surface area contributed by atoms with Gasteiger partial charge in [-0.15, -0.1) is 0 Å². The normalized spacial score (nSPS) is 21.1. The van der Waals surface area contributed by atoms with Crippen molar-refractivity contribution in [3.05, 3.63) is 29.3 Å². The number of rotatable bonds is 3. The van der Waals surface area contributed by atoms with E-state index in [0.717, 1.165) is 16.9 Å². The van der Waals surface area contributed by atoms with E-state index in [2.05, 4.69) is 0 Å². The highest BCUT2D eigenvalue weighted by atomic mass is 19.3. The van der Waals surface area contributed by atoms with Gasteiger partial charge in [0.25, 0.3) is 0 Å². The molecule has 1 aromatic carbocycles. The Morgan fingerprint density at radius 2 is 1.84 bits per heavy atom. The quantitative estimate of drug-likeness (QED) is 0.906. The average Bonchev–Trinajstić information content (AvgIpc) is 2.34. The summed E-state index contributed by atoms with van der Waals surface area (Å²) in [6.07, 6.45) is 0.399. The molecule has 1 saturated carbocycles. The van der Waals surface area contributed by atoms with Gasteiger partial charge >= 0.3 is 0 Å². The van der Waals surface area contributed by atoms with E-state index in [4.69, 9.17) is 10.5 Å². The van der Waals surface area contributed by atoms with Crippen molar-refractivity contribution >= 4 is 0 Å². The highest BCUT2D eigenvalue weighted by Gasteiger charge is 2.42. The van der Waals surface area contributed by atoms with Crippen LogP contribution >= 0.6 is 0 Å². The van der Waals surface area contributed by atoms with Crippen molar-refractivity contribution in [3.8, 4) is 5.75 Å². The molecule has 0 amide bonds.